The predicted molar refractivity (Wildman–Crippen MR) is 89.4 cm³/mol. The molecule has 1 aromatic carbocycles. The summed E-state index contributed by atoms with van der Waals surface area (Å²) in [7, 11) is 1.61. The number of likely N-dealkylation sites (tertiary alicyclic amines) is 1. The molecule has 1 heterocycles. The molecule has 5 nitrogen and oxygen atoms in total. The van der Waals surface area contributed by atoms with Crippen LogP contribution in [0, 0.1) is 0 Å². The van der Waals surface area contributed by atoms with Crippen LogP contribution in [-0.4, -0.2) is 43.0 Å². The Morgan fingerprint density at radius 2 is 2.00 bits per heavy atom. The summed E-state index contributed by atoms with van der Waals surface area (Å²) in [5.74, 6) is 0.660. The van der Waals surface area contributed by atoms with E-state index in [1.807, 2.05) is 29.2 Å². The molecule has 0 radical (unpaired) electrons. The lowest BCUT2D eigenvalue weighted by Gasteiger charge is -2.35. The summed E-state index contributed by atoms with van der Waals surface area (Å²) in [4.78, 5) is 26.2. The van der Waals surface area contributed by atoms with Gasteiger partial charge in [-0.3, -0.25) is 9.59 Å². The van der Waals surface area contributed by atoms with Gasteiger partial charge in [-0.15, -0.1) is 0 Å². The molecule has 0 aromatic heterocycles. The van der Waals surface area contributed by atoms with Crippen molar-refractivity contribution in [2.24, 2.45) is 0 Å². The largest absolute Gasteiger partial charge is 0.497 e. The molecule has 0 spiro atoms. The Morgan fingerprint density at radius 3 is 2.65 bits per heavy atom. The monoisotopic (exact) mass is 318 g/mol. The van der Waals surface area contributed by atoms with Crippen molar-refractivity contribution < 1.29 is 14.3 Å². The van der Waals surface area contributed by atoms with E-state index in [1.165, 1.54) is 6.42 Å². The first kappa shape index (κ1) is 17.3. The normalized spacial score (nSPS) is 17.7. The van der Waals surface area contributed by atoms with Crippen molar-refractivity contribution in [2.45, 2.75) is 45.1 Å². The SMILES string of the molecule is CCC1CCCCN1C(=O)CNC(=O)Cc1ccc(OC)cc1. The average Bonchev–Trinajstić information content (AvgIpc) is 2.60. The fraction of sp³-hybridized carbons (Fsp3) is 0.556. The number of hydrogen-bond donors (Lipinski definition) is 1. The van der Waals surface area contributed by atoms with E-state index >= 15 is 0 Å². The van der Waals surface area contributed by atoms with Gasteiger partial charge < -0.3 is 15.0 Å². The maximum Gasteiger partial charge on any atom is 0.242 e. The number of methoxy groups -OCH3 is 1. The third-order valence-electron chi connectivity index (χ3n) is 4.38. The molecule has 126 valence electrons. The molecule has 2 rings (SSSR count). The van der Waals surface area contributed by atoms with E-state index in [0.717, 1.165) is 37.1 Å². The van der Waals surface area contributed by atoms with E-state index < -0.39 is 0 Å². The maximum absolute atomic E-state index is 12.3. The Morgan fingerprint density at radius 1 is 1.26 bits per heavy atom. The summed E-state index contributed by atoms with van der Waals surface area (Å²) in [5, 5.41) is 2.74. The van der Waals surface area contributed by atoms with Gasteiger partial charge in [0.2, 0.25) is 11.8 Å². The van der Waals surface area contributed by atoms with Crippen molar-refractivity contribution in [3.05, 3.63) is 29.8 Å². The third-order valence-corrected chi connectivity index (χ3v) is 4.38. The quantitative estimate of drug-likeness (QED) is 0.874. The predicted octanol–water partition coefficient (Wildman–Crippen LogP) is 2.14. The van der Waals surface area contributed by atoms with Crippen molar-refractivity contribution in [1.82, 2.24) is 10.2 Å². The average molecular weight is 318 g/mol. The number of amides is 2. The second-order valence-corrected chi connectivity index (χ2v) is 5.95. The van der Waals surface area contributed by atoms with Crippen LogP contribution in [-0.2, 0) is 16.0 Å². The number of piperidine rings is 1. The zero-order valence-electron chi connectivity index (χ0n) is 14.0. The third kappa shape index (κ3) is 4.98. The van der Waals surface area contributed by atoms with Crippen LogP contribution in [0.2, 0.25) is 0 Å². The minimum Gasteiger partial charge on any atom is -0.497 e. The Balaban J connectivity index is 1.79. The highest BCUT2D eigenvalue weighted by molar-refractivity contribution is 5.86. The molecule has 1 N–H and O–H groups in total. The summed E-state index contributed by atoms with van der Waals surface area (Å²) >= 11 is 0. The number of benzene rings is 1. The fourth-order valence-corrected chi connectivity index (χ4v) is 3.02. The molecular weight excluding hydrogens is 292 g/mol. The highest BCUT2D eigenvalue weighted by Crippen LogP contribution is 2.19. The van der Waals surface area contributed by atoms with Gasteiger partial charge in [0.15, 0.2) is 0 Å². The molecule has 1 aliphatic rings. The Hall–Kier alpha value is -2.04. The van der Waals surface area contributed by atoms with E-state index in [-0.39, 0.29) is 24.8 Å². The molecular formula is C18H26N2O3. The summed E-state index contributed by atoms with van der Waals surface area (Å²) in [6.07, 6.45) is 4.57. The number of carbonyl (C=O) groups excluding carboxylic acids is 2. The first-order valence-electron chi connectivity index (χ1n) is 8.33. The topological polar surface area (TPSA) is 58.6 Å². The zero-order chi connectivity index (χ0) is 16.7. The standard InChI is InChI=1S/C18H26N2O3/c1-3-15-6-4-5-11-20(15)18(22)13-19-17(21)12-14-7-9-16(23-2)10-8-14/h7-10,15H,3-6,11-13H2,1-2H3,(H,19,21). The summed E-state index contributed by atoms with van der Waals surface area (Å²) in [5.41, 5.74) is 0.903. The number of nitrogens with zero attached hydrogens (tertiary/aromatic N) is 1. The van der Waals surface area contributed by atoms with Gasteiger partial charge in [0, 0.05) is 12.6 Å². The lowest BCUT2D eigenvalue weighted by Crippen LogP contribution is -2.47. The lowest BCUT2D eigenvalue weighted by atomic mass is 10.00. The van der Waals surface area contributed by atoms with Crippen LogP contribution in [0.25, 0.3) is 0 Å². The van der Waals surface area contributed by atoms with Gasteiger partial charge in [-0.2, -0.15) is 0 Å². The van der Waals surface area contributed by atoms with Gasteiger partial charge in [-0.05, 0) is 43.4 Å². The van der Waals surface area contributed by atoms with Crippen LogP contribution in [0.15, 0.2) is 24.3 Å². The minimum absolute atomic E-state index is 0.0274. The van der Waals surface area contributed by atoms with E-state index in [2.05, 4.69) is 12.2 Å². The smallest absolute Gasteiger partial charge is 0.242 e. The molecule has 1 aromatic rings. The zero-order valence-corrected chi connectivity index (χ0v) is 14.0. The van der Waals surface area contributed by atoms with Crippen LogP contribution in [0.1, 0.15) is 38.2 Å². The van der Waals surface area contributed by atoms with Crippen molar-refractivity contribution in [3.63, 3.8) is 0 Å². The molecule has 0 bridgehead atoms. The summed E-state index contributed by atoms with van der Waals surface area (Å²) in [6.45, 7) is 3.01. The first-order valence-corrected chi connectivity index (χ1v) is 8.33. The van der Waals surface area contributed by atoms with Gasteiger partial charge in [0.1, 0.15) is 5.75 Å². The molecule has 5 heteroatoms. The van der Waals surface area contributed by atoms with Crippen molar-refractivity contribution in [1.29, 1.82) is 0 Å². The van der Waals surface area contributed by atoms with Crippen LogP contribution < -0.4 is 10.1 Å². The van der Waals surface area contributed by atoms with E-state index in [0.29, 0.717) is 6.04 Å². The van der Waals surface area contributed by atoms with Crippen LogP contribution in [0.5, 0.6) is 5.75 Å². The molecule has 1 unspecified atom stereocenters. The van der Waals surface area contributed by atoms with Crippen LogP contribution >= 0.6 is 0 Å². The fourth-order valence-electron chi connectivity index (χ4n) is 3.02. The molecule has 0 saturated carbocycles. The van der Waals surface area contributed by atoms with E-state index in [4.69, 9.17) is 4.74 Å². The van der Waals surface area contributed by atoms with E-state index in [9.17, 15) is 9.59 Å². The number of rotatable bonds is 6. The van der Waals surface area contributed by atoms with Crippen LogP contribution in [0.4, 0.5) is 0 Å². The Bertz CT molecular complexity index is 528. The van der Waals surface area contributed by atoms with E-state index in [1.54, 1.807) is 7.11 Å². The van der Waals surface area contributed by atoms with Gasteiger partial charge >= 0.3 is 0 Å². The molecule has 1 aliphatic heterocycles. The van der Waals surface area contributed by atoms with Crippen molar-refractivity contribution in [2.75, 3.05) is 20.2 Å². The second-order valence-electron chi connectivity index (χ2n) is 5.95. The number of carbonyl (C=O) groups is 2. The maximum atomic E-state index is 12.3. The number of hydrogen-bond acceptors (Lipinski definition) is 3. The second kappa shape index (κ2) is 8.56. The Labute approximate surface area is 138 Å². The summed E-state index contributed by atoms with van der Waals surface area (Å²) in [6, 6.07) is 7.70. The minimum atomic E-state index is -0.131. The van der Waals surface area contributed by atoms with Gasteiger partial charge in [0.25, 0.3) is 0 Å². The summed E-state index contributed by atoms with van der Waals surface area (Å²) < 4.78 is 5.09. The molecule has 23 heavy (non-hydrogen) atoms. The molecule has 1 saturated heterocycles. The van der Waals surface area contributed by atoms with Gasteiger partial charge in [-0.1, -0.05) is 19.1 Å². The number of ether oxygens (including phenoxy) is 1. The molecule has 0 aliphatic carbocycles. The first-order chi connectivity index (χ1) is 11.1. The molecule has 1 atom stereocenters. The highest BCUT2D eigenvalue weighted by Gasteiger charge is 2.25. The van der Waals surface area contributed by atoms with Gasteiger partial charge in [0.05, 0.1) is 20.1 Å². The van der Waals surface area contributed by atoms with Crippen molar-refractivity contribution in [3.8, 4) is 5.75 Å². The van der Waals surface area contributed by atoms with Gasteiger partial charge in [-0.25, -0.2) is 0 Å². The Kier molecular flexibility index (Phi) is 6.44. The number of nitrogens with one attached hydrogen (secondary N) is 1. The van der Waals surface area contributed by atoms with Crippen LogP contribution in [0.3, 0.4) is 0 Å². The highest BCUT2D eigenvalue weighted by atomic mass is 16.5. The molecule has 1 fully saturated rings. The van der Waals surface area contributed by atoms with Crippen molar-refractivity contribution >= 4 is 11.8 Å². The lowest BCUT2D eigenvalue weighted by molar-refractivity contribution is -0.135. The molecule has 2 amide bonds.